The molecule has 0 aliphatic heterocycles. The molecule has 0 spiro atoms. The van der Waals surface area contributed by atoms with Crippen LogP contribution in [-0.2, 0) is 4.79 Å². The smallest absolute Gasteiger partial charge is 0.225 e. The SMILES string of the molecule is CN(C)C(=O)[C@H]1CC[C@H](O)CC1. The Bertz CT molecular complexity index is 160. The predicted molar refractivity (Wildman–Crippen MR) is 46.7 cm³/mol. The maximum Gasteiger partial charge on any atom is 0.225 e. The third-order valence-corrected chi connectivity index (χ3v) is 2.49. The highest BCUT2D eigenvalue weighted by Crippen LogP contribution is 2.25. The Balaban J connectivity index is 2.39. The maximum atomic E-state index is 11.4. The molecule has 1 rings (SSSR count). The minimum atomic E-state index is -0.170. The molecule has 0 aromatic heterocycles. The van der Waals surface area contributed by atoms with E-state index in [-0.39, 0.29) is 17.9 Å². The highest BCUT2D eigenvalue weighted by atomic mass is 16.3. The van der Waals surface area contributed by atoms with Crippen molar-refractivity contribution >= 4 is 5.91 Å². The van der Waals surface area contributed by atoms with Crippen molar-refractivity contribution in [2.45, 2.75) is 31.8 Å². The molecule has 1 fully saturated rings. The number of carbonyl (C=O) groups excluding carboxylic acids is 1. The summed E-state index contributed by atoms with van der Waals surface area (Å²) in [6.07, 6.45) is 3.08. The average Bonchev–Trinajstić information content (AvgIpc) is 2.04. The number of aliphatic hydroxyl groups excluding tert-OH is 1. The standard InChI is InChI=1S/C9H17NO2/c1-10(2)9(12)7-3-5-8(11)6-4-7/h7-8,11H,3-6H2,1-2H3/t7-,8-. The second kappa shape index (κ2) is 3.90. The Hall–Kier alpha value is -0.570. The molecule has 1 amide bonds. The largest absolute Gasteiger partial charge is 0.393 e. The molecule has 70 valence electrons. The number of aliphatic hydroxyl groups is 1. The van der Waals surface area contributed by atoms with Gasteiger partial charge in [-0.05, 0) is 25.7 Å². The Morgan fingerprint density at radius 1 is 1.25 bits per heavy atom. The van der Waals surface area contributed by atoms with Gasteiger partial charge in [-0.2, -0.15) is 0 Å². The lowest BCUT2D eigenvalue weighted by Crippen LogP contribution is -2.33. The van der Waals surface area contributed by atoms with Crippen LogP contribution in [0.5, 0.6) is 0 Å². The maximum absolute atomic E-state index is 11.4. The molecule has 0 aromatic carbocycles. The van der Waals surface area contributed by atoms with Gasteiger partial charge in [0.2, 0.25) is 5.91 Å². The zero-order valence-electron chi connectivity index (χ0n) is 7.79. The molecular formula is C9H17NO2. The highest BCUT2D eigenvalue weighted by molar-refractivity contribution is 5.78. The first-order valence-electron chi connectivity index (χ1n) is 4.50. The molecule has 1 N–H and O–H groups in total. The van der Waals surface area contributed by atoms with Gasteiger partial charge in [0.1, 0.15) is 0 Å². The second-order valence-corrected chi connectivity index (χ2v) is 3.74. The molecule has 0 unspecified atom stereocenters. The van der Waals surface area contributed by atoms with Crippen LogP contribution in [0.1, 0.15) is 25.7 Å². The molecule has 1 saturated carbocycles. The van der Waals surface area contributed by atoms with Crippen molar-refractivity contribution in [3.05, 3.63) is 0 Å². The Morgan fingerprint density at radius 3 is 2.17 bits per heavy atom. The van der Waals surface area contributed by atoms with E-state index in [4.69, 9.17) is 0 Å². The summed E-state index contributed by atoms with van der Waals surface area (Å²) in [4.78, 5) is 13.1. The lowest BCUT2D eigenvalue weighted by Gasteiger charge is -2.26. The van der Waals surface area contributed by atoms with Crippen LogP contribution in [0.15, 0.2) is 0 Å². The fourth-order valence-corrected chi connectivity index (χ4v) is 1.69. The van der Waals surface area contributed by atoms with Crippen molar-refractivity contribution in [3.63, 3.8) is 0 Å². The zero-order valence-corrected chi connectivity index (χ0v) is 7.79. The first-order valence-corrected chi connectivity index (χ1v) is 4.50. The van der Waals surface area contributed by atoms with Crippen molar-refractivity contribution in [2.75, 3.05) is 14.1 Å². The molecule has 0 saturated heterocycles. The number of rotatable bonds is 1. The van der Waals surface area contributed by atoms with Crippen LogP contribution in [0, 0.1) is 5.92 Å². The number of hydrogen-bond donors (Lipinski definition) is 1. The predicted octanol–water partition coefficient (Wildman–Crippen LogP) is 0.626. The summed E-state index contributed by atoms with van der Waals surface area (Å²) in [5.41, 5.74) is 0. The van der Waals surface area contributed by atoms with Crippen LogP contribution in [0.2, 0.25) is 0 Å². The summed E-state index contributed by atoms with van der Waals surface area (Å²) in [7, 11) is 3.57. The van der Waals surface area contributed by atoms with Crippen molar-refractivity contribution in [3.8, 4) is 0 Å². The topological polar surface area (TPSA) is 40.5 Å². The number of carbonyl (C=O) groups is 1. The van der Waals surface area contributed by atoms with Crippen LogP contribution in [-0.4, -0.2) is 36.1 Å². The van der Waals surface area contributed by atoms with E-state index in [1.165, 1.54) is 0 Å². The summed E-state index contributed by atoms with van der Waals surface area (Å²) in [6, 6.07) is 0. The number of amides is 1. The van der Waals surface area contributed by atoms with Gasteiger partial charge in [0.15, 0.2) is 0 Å². The van der Waals surface area contributed by atoms with E-state index >= 15 is 0 Å². The van der Waals surface area contributed by atoms with E-state index in [9.17, 15) is 9.90 Å². The van der Waals surface area contributed by atoms with E-state index in [2.05, 4.69) is 0 Å². The molecule has 0 aromatic rings. The summed E-state index contributed by atoms with van der Waals surface area (Å²) in [5.74, 6) is 0.366. The molecule has 0 atom stereocenters. The molecule has 0 bridgehead atoms. The van der Waals surface area contributed by atoms with Crippen LogP contribution < -0.4 is 0 Å². The molecule has 1 aliphatic rings. The molecule has 3 heteroatoms. The molecular weight excluding hydrogens is 154 g/mol. The number of hydrogen-bond acceptors (Lipinski definition) is 2. The Labute approximate surface area is 73.4 Å². The van der Waals surface area contributed by atoms with Crippen LogP contribution in [0.4, 0.5) is 0 Å². The van der Waals surface area contributed by atoms with E-state index in [1.807, 2.05) is 0 Å². The van der Waals surface area contributed by atoms with Gasteiger partial charge in [0.05, 0.1) is 6.10 Å². The zero-order chi connectivity index (χ0) is 9.14. The first kappa shape index (κ1) is 9.52. The van der Waals surface area contributed by atoms with Gasteiger partial charge in [-0.1, -0.05) is 0 Å². The molecule has 3 nitrogen and oxygen atoms in total. The second-order valence-electron chi connectivity index (χ2n) is 3.74. The minimum absolute atomic E-state index is 0.156. The third kappa shape index (κ3) is 2.21. The highest BCUT2D eigenvalue weighted by Gasteiger charge is 2.25. The van der Waals surface area contributed by atoms with Crippen molar-refractivity contribution in [1.29, 1.82) is 0 Å². The van der Waals surface area contributed by atoms with Gasteiger partial charge in [-0.25, -0.2) is 0 Å². The van der Waals surface area contributed by atoms with E-state index in [1.54, 1.807) is 19.0 Å². The summed E-state index contributed by atoms with van der Waals surface area (Å²) in [5, 5.41) is 9.22. The lowest BCUT2D eigenvalue weighted by molar-refractivity contribution is -0.134. The monoisotopic (exact) mass is 171 g/mol. The number of nitrogens with zero attached hydrogens (tertiary/aromatic N) is 1. The van der Waals surface area contributed by atoms with Crippen LogP contribution in [0.3, 0.4) is 0 Å². The van der Waals surface area contributed by atoms with Gasteiger partial charge in [0, 0.05) is 20.0 Å². The fraction of sp³-hybridized carbons (Fsp3) is 0.889. The van der Waals surface area contributed by atoms with Gasteiger partial charge in [0.25, 0.3) is 0 Å². The first-order chi connectivity index (χ1) is 5.61. The van der Waals surface area contributed by atoms with Crippen molar-refractivity contribution < 1.29 is 9.90 Å². The quantitative estimate of drug-likeness (QED) is 0.628. The third-order valence-electron chi connectivity index (χ3n) is 2.49. The van der Waals surface area contributed by atoms with Crippen molar-refractivity contribution in [1.82, 2.24) is 4.90 Å². The summed E-state index contributed by atoms with van der Waals surface area (Å²) in [6.45, 7) is 0. The van der Waals surface area contributed by atoms with E-state index in [0.717, 1.165) is 25.7 Å². The van der Waals surface area contributed by atoms with Crippen molar-refractivity contribution in [2.24, 2.45) is 5.92 Å². The normalized spacial score (nSPS) is 29.9. The summed E-state index contributed by atoms with van der Waals surface area (Å²) < 4.78 is 0. The van der Waals surface area contributed by atoms with Gasteiger partial charge < -0.3 is 10.0 Å². The fourth-order valence-electron chi connectivity index (χ4n) is 1.69. The minimum Gasteiger partial charge on any atom is -0.393 e. The van der Waals surface area contributed by atoms with E-state index < -0.39 is 0 Å². The van der Waals surface area contributed by atoms with Crippen LogP contribution >= 0.6 is 0 Å². The van der Waals surface area contributed by atoms with Gasteiger partial charge >= 0.3 is 0 Å². The Kier molecular flexibility index (Phi) is 3.09. The average molecular weight is 171 g/mol. The Morgan fingerprint density at radius 2 is 1.75 bits per heavy atom. The molecule has 12 heavy (non-hydrogen) atoms. The van der Waals surface area contributed by atoms with Crippen LogP contribution in [0.25, 0.3) is 0 Å². The lowest BCUT2D eigenvalue weighted by atomic mass is 9.87. The molecule has 0 radical (unpaired) electrons. The summed E-state index contributed by atoms with van der Waals surface area (Å²) >= 11 is 0. The molecule has 0 heterocycles. The van der Waals surface area contributed by atoms with Gasteiger partial charge in [-0.3, -0.25) is 4.79 Å². The molecule has 1 aliphatic carbocycles. The van der Waals surface area contributed by atoms with E-state index in [0.29, 0.717) is 0 Å². The van der Waals surface area contributed by atoms with Gasteiger partial charge in [-0.15, -0.1) is 0 Å².